The number of pyridine rings is 1. The van der Waals surface area contributed by atoms with Crippen molar-refractivity contribution in [3.05, 3.63) is 53.9 Å². The van der Waals surface area contributed by atoms with Gasteiger partial charge in [0.15, 0.2) is 5.11 Å². The van der Waals surface area contributed by atoms with E-state index in [4.69, 9.17) is 21.7 Å². The molecule has 2 heterocycles. The summed E-state index contributed by atoms with van der Waals surface area (Å²) in [6.45, 7) is 0.827. The van der Waals surface area contributed by atoms with Crippen molar-refractivity contribution in [1.82, 2.24) is 20.7 Å². The topological polar surface area (TPSA) is 75.7 Å². The molecule has 3 rings (SSSR count). The van der Waals surface area contributed by atoms with Gasteiger partial charge in [-0.05, 0) is 48.8 Å². The number of nitrogens with one attached hydrogen (secondary N) is 2. The van der Waals surface area contributed by atoms with Crippen molar-refractivity contribution in [1.29, 1.82) is 0 Å². The molecule has 2 N–H and O–H groups in total. The largest absolute Gasteiger partial charge is 0.496 e. The molecule has 0 radical (unpaired) electrons. The van der Waals surface area contributed by atoms with Crippen molar-refractivity contribution >= 4 is 23.2 Å². The smallest absolute Gasteiger partial charge is 0.265 e. The zero-order chi connectivity index (χ0) is 19.9. The standard InChI is InChI=1S/C20H24N4O3S/c1-26-16-9-5-10-17(27-2)18(16)19(25)22-20(28)23-24-12-4-3-8-15(24)14-7-6-11-21-13-14/h5-7,9-11,13,15H,3-4,8,12H2,1-2H3,(H2,22,23,25,28)/t15-/m1/s1. The molecule has 1 saturated heterocycles. The fourth-order valence-electron chi connectivity index (χ4n) is 3.38. The lowest BCUT2D eigenvalue weighted by Crippen LogP contribution is -2.51. The van der Waals surface area contributed by atoms with Gasteiger partial charge in [-0.2, -0.15) is 0 Å². The Hall–Kier alpha value is -2.71. The number of nitrogens with zero attached hydrogens (tertiary/aromatic N) is 2. The average molecular weight is 401 g/mol. The van der Waals surface area contributed by atoms with E-state index in [0.29, 0.717) is 17.1 Å². The van der Waals surface area contributed by atoms with Gasteiger partial charge in [0.1, 0.15) is 17.1 Å². The second kappa shape index (κ2) is 9.48. The van der Waals surface area contributed by atoms with Gasteiger partial charge in [-0.25, -0.2) is 5.01 Å². The van der Waals surface area contributed by atoms with Gasteiger partial charge >= 0.3 is 0 Å². The number of piperidine rings is 1. The fourth-order valence-corrected chi connectivity index (χ4v) is 3.59. The molecule has 1 fully saturated rings. The molecule has 1 aromatic carbocycles. The van der Waals surface area contributed by atoms with Gasteiger partial charge in [0, 0.05) is 18.9 Å². The number of rotatable bonds is 5. The van der Waals surface area contributed by atoms with Crippen LogP contribution in [0.5, 0.6) is 11.5 Å². The van der Waals surface area contributed by atoms with Crippen LogP contribution in [0.25, 0.3) is 0 Å². The number of carbonyl (C=O) groups excluding carboxylic acids is 1. The Balaban J connectivity index is 1.70. The molecule has 1 amide bonds. The summed E-state index contributed by atoms with van der Waals surface area (Å²) < 4.78 is 10.6. The molecule has 1 aliphatic rings. The number of hydrogen-bond acceptors (Lipinski definition) is 6. The Labute approximate surface area is 170 Å². The lowest BCUT2D eigenvalue weighted by molar-refractivity contribution is 0.0952. The van der Waals surface area contributed by atoms with Crippen LogP contribution in [-0.4, -0.2) is 41.8 Å². The van der Waals surface area contributed by atoms with Gasteiger partial charge in [-0.15, -0.1) is 0 Å². The van der Waals surface area contributed by atoms with E-state index in [1.165, 1.54) is 14.2 Å². The Morgan fingerprint density at radius 1 is 1.18 bits per heavy atom. The van der Waals surface area contributed by atoms with Crippen LogP contribution in [-0.2, 0) is 0 Å². The Morgan fingerprint density at radius 2 is 1.93 bits per heavy atom. The van der Waals surface area contributed by atoms with E-state index < -0.39 is 0 Å². The third-order valence-electron chi connectivity index (χ3n) is 4.70. The van der Waals surface area contributed by atoms with Crippen molar-refractivity contribution in [2.75, 3.05) is 20.8 Å². The van der Waals surface area contributed by atoms with E-state index in [9.17, 15) is 4.79 Å². The maximum atomic E-state index is 12.8. The molecule has 0 unspecified atom stereocenters. The highest BCUT2D eigenvalue weighted by molar-refractivity contribution is 7.80. The molecule has 0 aliphatic carbocycles. The molecule has 148 valence electrons. The predicted molar refractivity (Wildman–Crippen MR) is 110 cm³/mol. The molecular weight excluding hydrogens is 376 g/mol. The van der Waals surface area contributed by atoms with Gasteiger partial charge in [0.25, 0.3) is 5.91 Å². The molecule has 1 atom stereocenters. The number of ether oxygens (including phenoxy) is 2. The molecule has 7 nitrogen and oxygen atoms in total. The first-order valence-electron chi connectivity index (χ1n) is 9.13. The van der Waals surface area contributed by atoms with Crippen LogP contribution in [0.4, 0.5) is 0 Å². The van der Waals surface area contributed by atoms with Gasteiger partial charge in [0.2, 0.25) is 0 Å². The van der Waals surface area contributed by atoms with Gasteiger partial charge in [-0.1, -0.05) is 18.6 Å². The number of thiocarbonyl (C=S) groups is 1. The van der Waals surface area contributed by atoms with E-state index in [1.54, 1.807) is 24.4 Å². The first kappa shape index (κ1) is 20.0. The summed E-state index contributed by atoms with van der Waals surface area (Å²) in [4.78, 5) is 17.0. The van der Waals surface area contributed by atoms with Crippen LogP contribution in [0.15, 0.2) is 42.7 Å². The van der Waals surface area contributed by atoms with Crippen LogP contribution < -0.4 is 20.2 Å². The molecule has 0 spiro atoms. The quantitative estimate of drug-likeness (QED) is 0.748. The third kappa shape index (κ3) is 4.58. The minimum absolute atomic E-state index is 0.151. The molecule has 1 aromatic heterocycles. The maximum absolute atomic E-state index is 12.8. The zero-order valence-corrected chi connectivity index (χ0v) is 16.8. The van der Waals surface area contributed by atoms with Crippen LogP contribution in [0.2, 0.25) is 0 Å². The van der Waals surface area contributed by atoms with E-state index in [1.807, 2.05) is 12.3 Å². The fraction of sp³-hybridized carbons (Fsp3) is 0.350. The van der Waals surface area contributed by atoms with Crippen molar-refractivity contribution < 1.29 is 14.3 Å². The number of hydrogen-bond donors (Lipinski definition) is 2. The lowest BCUT2D eigenvalue weighted by Gasteiger charge is -2.36. The minimum atomic E-state index is -0.387. The first-order valence-corrected chi connectivity index (χ1v) is 9.54. The van der Waals surface area contributed by atoms with Crippen LogP contribution in [0.3, 0.4) is 0 Å². The molecule has 8 heteroatoms. The molecule has 1 aliphatic heterocycles. The second-order valence-corrected chi connectivity index (χ2v) is 6.83. The Bertz CT molecular complexity index is 809. The highest BCUT2D eigenvalue weighted by Crippen LogP contribution is 2.29. The SMILES string of the molecule is COc1cccc(OC)c1C(=O)NC(=S)NN1CCCC[C@@H]1c1cccnc1. The summed E-state index contributed by atoms with van der Waals surface area (Å²) >= 11 is 5.39. The monoisotopic (exact) mass is 400 g/mol. The summed E-state index contributed by atoms with van der Waals surface area (Å²) in [5.74, 6) is 0.457. The Morgan fingerprint density at radius 3 is 2.57 bits per heavy atom. The van der Waals surface area contributed by atoms with E-state index in [0.717, 1.165) is 31.4 Å². The predicted octanol–water partition coefficient (Wildman–Crippen LogP) is 2.85. The van der Waals surface area contributed by atoms with Crippen molar-refractivity contribution in [2.24, 2.45) is 0 Å². The summed E-state index contributed by atoms with van der Waals surface area (Å²) in [6.07, 6.45) is 6.81. The third-order valence-corrected chi connectivity index (χ3v) is 4.89. The van der Waals surface area contributed by atoms with Gasteiger partial charge in [0.05, 0.1) is 20.3 Å². The highest BCUT2D eigenvalue weighted by atomic mass is 32.1. The number of methoxy groups -OCH3 is 2. The summed E-state index contributed by atoms with van der Waals surface area (Å²) in [5, 5.41) is 5.02. The van der Waals surface area contributed by atoms with E-state index >= 15 is 0 Å². The summed E-state index contributed by atoms with van der Waals surface area (Å²) in [7, 11) is 3.02. The number of hydrazine groups is 1. The molecule has 0 saturated carbocycles. The highest BCUT2D eigenvalue weighted by Gasteiger charge is 2.26. The average Bonchev–Trinajstić information content (AvgIpc) is 2.73. The second-order valence-electron chi connectivity index (χ2n) is 6.42. The van der Waals surface area contributed by atoms with Crippen LogP contribution in [0, 0.1) is 0 Å². The van der Waals surface area contributed by atoms with Crippen LogP contribution in [0.1, 0.15) is 41.2 Å². The lowest BCUT2D eigenvalue weighted by atomic mass is 9.98. The number of amides is 1. The maximum Gasteiger partial charge on any atom is 0.265 e. The zero-order valence-electron chi connectivity index (χ0n) is 16.0. The number of aromatic nitrogens is 1. The van der Waals surface area contributed by atoms with E-state index in [2.05, 4.69) is 26.8 Å². The minimum Gasteiger partial charge on any atom is -0.496 e. The molecule has 28 heavy (non-hydrogen) atoms. The molecule has 2 aromatic rings. The van der Waals surface area contributed by atoms with Crippen molar-refractivity contribution in [3.8, 4) is 11.5 Å². The Kier molecular flexibility index (Phi) is 6.78. The van der Waals surface area contributed by atoms with Crippen LogP contribution >= 0.6 is 12.2 Å². The summed E-state index contributed by atoms with van der Waals surface area (Å²) in [5.41, 5.74) is 4.59. The molecular formula is C20H24N4O3S. The van der Waals surface area contributed by atoms with Gasteiger partial charge < -0.3 is 9.47 Å². The van der Waals surface area contributed by atoms with Crippen molar-refractivity contribution in [3.63, 3.8) is 0 Å². The molecule has 0 bridgehead atoms. The normalized spacial score (nSPS) is 16.9. The number of carbonyl (C=O) groups is 1. The summed E-state index contributed by atoms with van der Waals surface area (Å²) in [6, 6.07) is 9.30. The number of benzene rings is 1. The van der Waals surface area contributed by atoms with E-state index in [-0.39, 0.29) is 17.1 Å². The van der Waals surface area contributed by atoms with Crippen molar-refractivity contribution in [2.45, 2.75) is 25.3 Å². The first-order chi connectivity index (χ1) is 13.6. The van der Waals surface area contributed by atoms with Gasteiger partial charge in [-0.3, -0.25) is 20.5 Å².